The Morgan fingerprint density at radius 1 is 0.880 bits per heavy atom. The molecule has 3 aliphatic rings. The van der Waals surface area contributed by atoms with Gasteiger partial charge in [0.15, 0.2) is 0 Å². The Balaban J connectivity index is 1.46. The standard InChI is InChI=1S/C22H36F2O/c1-16-3-7-18(8-4-16)15-19-9-11-20(12-10-19)22(23,24)25-21-13-5-17(2)6-14-21/h11,16-19,21H,3-10,12-15H2,1-2H3. The Bertz CT molecular complexity index is 443. The molecule has 0 N–H and O–H groups in total. The minimum absolute atomic E-state index is 0.250. The monoisotopic (exact) mass is 354 g/mol. The second-order valence-corrected chi connectivity index (χ2v) is 9.25. The lowest BCUT2D eigenvalue weighted by molar-refractivity contribution is -0.243. The van der Waals surface area contributed by atoms with Gasteiger partial charge in [0.2, 0.25) is 0 Å². The highest BCUT2D eigenvalue weighted by atomic mass is 19.3. The Kier molecular flexibility index (Phi) is 6.57. The zero-order chi connectivity index (χ0) is 17.9. The van der Waals surface area contributed by atoms with Gasteiger partial charge in [0.25, 0.3) is 0 Å². The number of hydrogen-bond acceptors (Lipinski definition) is 1. The maximum atomic E-state index is 14.5. The van der Waals surface area contributed by atoms with Gasteiger partial charge in [0.1, 0.15) is 0 Å². The normalized spacial score (nSPS) is 37.6. The van der Waals surface area contributed by atoms with Crippen molar-refractivity contribution in [1.29, 1.82) is 0 Å². The fraction of sp³-hybridized carbons (Fsp3) is 0.909. The van der Waals surface area contributed by atoms with E-state index in [9.17, 15) is 8.78 Å². The van der Waals surface area contributed by atoms with E-state index < -0.39 is 6.11 Å². The predicted octanol–water partition coefficient (Wildman–Crippen LogP) is 7.12. The molecule has 1 nitrogen and oxygen atoms in total. The molecule has 0 saturated heterocycles. The number of allylic oxidation sites excluding steroid dienone is 1. The minimum Gasteiger partial charge on any atom is -0.313 e. The van der Waals surface area contributed by atoms with Crippen LogP contribution in [0.2, 0.25) is 0 Å². The molecule has 144 valence electrons. The maximum absolute atomic E-state index is 14.5. The zero-order valence-electron chi connectivity index (χ0n) is 16.1. The van der Waals surface area contributed by atoms with E-state index in [1.54, 1.807) is 0 Å². The molecule has 3 aliphatic carbocycles. The largest absolute Gasteiger partial charge is 0.379 e. The lowest BCUT2D eigenvalue weighted by Gasteiger charge is -2.34. The molecule has 0 aromatic heterocycles. The van der Waals surface area contributed by atoms with Crippen LogP contribution in [0, 0.1) is 23.7 Å². The van der Waals surface area contributed by atoms with Crippen LogP contribution in [0.1, 0.15) is 90.9 Å². The molecule has 0 spiro atoms. The summed E-state index contributed by atoms with van der Waals surface area (Å²) in [7, 11) is 0. The SMILES string of the molecule is CC1CCC(CC2CC=C(C(F)(F)OC3CCC(C)CC3)CC2)CC1. The second-order valence-electron chi connectivity index (χ2n) is 9.25. The van der Waals surface area contributed by atoms with Crippen LogP contribution in [-0.2, 0) is 4.74 Å². The lowest BCUT2D eigenvalue weighted by Crippen LogP contribution is -2.33. The number of hydrogen-bond donors (Lipinski definition) is 0. The Morgan fingerprint density at radius 2 is 1.48 bits per heavy atom. The smallest absolute Gasteiger partial charge is 0.313 e. The van der Waals surface area contributed by atoms with Gasteiger partial charge in [-0.05, 0) is 75.0 Å². The molecule has 0 aromatic rings. The fourth-order valence-corrected chi connectivity index (χ4v) is 5.04. The summed E-state index contributed by atoms with van der Waals surface area (Å²) in [5.74, 6) is 2.98. The van der Waals surface area contributed by atoms with E-state index in [0.29, 0.717) is 18.3 Å². The minimum atomic E-state index is -3.05. The van der Waals surface area contributed by atoms with Gasteiger partial charge < -0.3 is 4.74 Å². The molecule has 0 amide bonds. The molecule has 3 rings (SSSR count). The van der Waals surface area contributed by atoms with Crippen LogP contribution >= 0.6 is 0 Å². The average Bonchev–Trinajstić information content (AvgIpc) is 2.59. The molecule has 2 fully saturated rings. The van der Waals surface area contributed by atoms with Crippen molar-refractivity contribution < 1.29 is 13.5 Å². The van der Waals surface area contributed by atoms with Crippen LogP contribution in [0.5, 0.6) is 0 Å². The van der Waals surface area contributed by atoms with Crippen molar-refractivity contribution in [2.45, 2.75) is 103 Å². The summed E-state index contributed by atoms with van der Waals surface area (Å²) in [4.78, 5) is 0. The van der Waals surface area contributed by atoms with Gasteiger partial charge in [-0.2, -0.15) is 8.78 Å². The second kappa shape index (κ2) is 8.50. The molecule has 25 heavy (non-hydrogen) atoms. The van der Waals surface area contributed by atoms with E-state index in [1.165, 1.54) is 32.1 Å². The van der Waals surface area contributed by atoms with Crippen molar-refractivity contribution in [3.8, 4) is 0 Å². The highest BCUT2D eigenvalue weighted by molar-refractivity contribution is 5.13. The number of halogens is 2. The van der Waals surface area contributed by atoms with Crippen LogP contribution in [0.3, 0.4) is 0 Å². The van der Waals surface area contributed by atoms with Crippen LogP contribution < -0.4 is 0 Å². The average molecular weight is 355 g/mol. The topological polar surface area (TPSA) is 9.23 Å². The van der Waals surface area contributed by atoms with E-state index in [0.717, 1.165) is 50.4 Å². The first kappa shape index (κ1) is 19.3. The molecule has 1 atom stereocenters. The third-order valence-electron chi connectivity index (χ3n) is 6.97. The van der Waals surface area contributed by atoms with Crippen molar-refractivity contribution >= 4 is 0 Å². The molecule has 0 aliphatic heterocycles. The van der Waals surface area contributed by atoms with Crippen molar-refractivity contribution in [2.75, 3.05) is 0 Å². The summed E-state index contributed by atoms with van der Waals surface area (Å²) in [6.45, 7) is 4.55. The third kappa shape index (κ3) is 5.52. The van der Waals surface area contributed by atoms with Gasteiger partial charge in [0.05, 0.1) is 6.10 Å². The summed E-state index contributed by atoms with van der Waals surface area (Å²) in [5.41, 5.74) is 0.250. The molecular weight excluding hydrogens is 318 g/mol. The summed E-state index contributed by atoms with van der Waals surface area (Å²) >= 11 is 0. The zero-order valence-corrected chi connectivity index (χ0v) is 16.1. The number of rotatable bonds is 5. The molecule has 0 radical (unpaired) electrons. The van der Waals surface area contributed by atoms with Crippen LogP contribution in [0.25, 0.3) is 0 Å². The van der Waals surface area contributed by atoms with E-state index in [2.05, 4.69) is 13.8 Å². The molecule has 2 saturated carbocycles. The number of ether oxygens (including phenoxy) is 1. The van der Waals surface area contributed by atoms with Crippen molar-refractivity contribution in [2.24, 2.45) is 23.7 Å². The van der Waals surface area contributed by atoms with Gasteiger partial charge in [-0.1, -0.05) is 45.6 Å². The molecular formula is C22H36F2O. The van der Waals surface area contributed by atoms with Gasteiger partial charge >= 0.3 is 6.11 Å². The lowest BCUT2D eigenvalue weighted by atomic mass is 9.75. The van der Waals surface area contributed by atoms with E-state index in [4.69, 9.17) is 4.74 Å². The van der Waals surface area contributed by atoms with Crippen molar-refractivity contribution in [3.63, 3.8) is 0 Å². The fourth-order valence-electron chi connectivity index (χ4n) is 5.04. The van der Waals surface area contributed by atoms with Gasteiger partial charge in [0, 0.05) is 5.57 Å². The molecule has 1 unspecified atom stereocenters. The van der Waals surface area contributed by atoms with Crippen LogP contribution in [0.15, 0.2) is 11.6 Å². The first-order valence-corrected chi connectivity index (χ1v) is 10.7. The quantitative estimate of drug-likeness (QED) is 0.478. The molecule has 0 aromatic carbocycles. The number of alkyl halides is 2. The first-order chi connectivity index (χ1) is 11.9. The van der Waals surface area contributed by atoms with Crippen molar-refractivity contribution in [1.82, 2.24) is 0 Å². The third-order valence-corrected chi connectivity index (χ3v) is 6.97. The van der Waals surface area contributed by atoms with E-state index in [-0.39, 0.29) is 11.7 Å². The Hall–Kier alpha value is -0.440. The molecule has 0 heterocycles. The van der Waals surface area contributed by atoms with Crippen LogP contribution in [0.4, 0.5) is 8.78 Å². The predicted molar refractivity (Wildman–Crippen MR) is 98.6 cm³/mol. The first-order valence-electron chi connectivity index (χ1n) is 10.7. The maximum Gasteiger partial charge on any atom is 0.379 e. The van der Waals surface area contributed by atoms with Gasteiger partial charge in [-0.3, -0.25) is 0 Å². The summed E-state index contributed by atoms with van der Waals surface area (Å²) < 4.78 is 34.3. The molecule has 3 heteroatoms. The van der Waals surface area contributed by atoms with Gasteiger partial charge in [-0.25, -0.2) is 0 Å². The highest BCUT2D eigenvalue weighted by Gasteiger charge is 2.40. The van der Waals surface area contributed by atoms with E-state index >= 15 is 0 Å². The summed E-state index contributed by atoms with van der Waals surface area (Å²) in [6.07, 6.45) is 11.0. The summed E-state index contributed by atoms with van der Waals surface area (Å²) in [6, 6.07) is 0. The van der Waals surface area contributed by atoms with E-state index in [1.807, 2.05) is 6.08 Å². The molecule has 0 bridgehead atoms. The Labute approximate surface area is 152 Å². The van der Waals surface area contributed by atoms with Crippen LogP contribution in [-0.4, -0.2) is 12.2 Å². The Morgan fingerprint density at radius 3 is 2.04 bits per heavy atom. The summed E-state index contributed by atoms with van der Waals surface area (Å²) in [5, 5.41) is 0. The van der Waals surface area contributed by atoms with Gasteiger partial charge in [-0.15, -0.1) is 0 Å². The highest BCUT2D eigenvalue weighted by Crippen LogP contribution is 2.41. The van der Waals surface area contributed by atoms with Crippen molar-refractivity contribution in [3.05, 3.63) is 11.6 Å².